The van der Waals surface area contributed by atoms with Gasteiger partial charge in [0.1, 0.15) is 12.2 Å². The van der Waals surface area contributed by atoms with Crippen molar-refractivity contribution in [2.24, 2.45) is 0 Å². The van der Waals surface area contributed by atoms with Crippen LogP contribution in [0.1, 0.15) is 37.3 Å². The molecule has 2 heterocycles. The Morgan fingerprint density at radius 3 is 3.00 bits per heavy atom. The molecule has 7 nitrogen and oxygen atoms in total. The summed E-state index contributed by atoms with van der Waals surface area (Å²) in [5, 5.41) is 11.1. The van der Waals surface area contributed by atoms with Gasteiger partial charge < -0.3 is 9.88 Å². The average Bonchev–Trinajstić information content (AvgIpc) is 3.03. The van der Waals surface area contributed by atoms with Gasteiger partial charge in [-0.2, -0.15) is 5.10 Å². The minimum Gasteiger partial charge on any atom is -0.346 e. The maximum Gasteiger partial charge on any atom is 0.307 e. The Kier molecular flexibility index (Phi) is 4.67. The lowest BCUT2D eigenvalue weighted by atomic mass is 10.2. The number of aryl methyl sites for hydroxylation is 1. The predicted octanol–water partition coefficient (Wildman–Crippen LogP) is 0.994. The van der Waals surface area contributed by atoms with Crippen molar-refractivity contribution in [2.75, 3.05) is 0 Å². The van der Waals surface area contributed by atoms with E-state index in [-0.39, 0.29) is 16.8 Å². The SMILES string of the molecule is Cc1csc(=O)n1CCCC(=O)NC(C)c1ncn[nH]1. The molecule has 0 saturated carbocycles. The van der Waals surface area contributed by atoms with Crippen LogP contribution < -0.4 is 10.2 Å². The van der Waals surface area contributed by atoms with E-state index in [9.17, 15) is 9.59 Å². The number of aromatic amines is 1. The molecule has 0 spiro atoms. The van der Waals surface area contributed by atoms with Crippen LogP contribution in [-0.2, 0) is 11.3 Å². The molecule has 0 saturated heterocycles. The summed E-state index contributed by atoms with van der Waals surface area (Å²) in [5.41, 5.74) is 0.940. The predicted molar refractivity (Wildman–Crippen MR) is 75.5 cm³/mol. The highest BCUT2D eigenvalue weighted by molar-refractivity contribution is 7.07. The summed E-state index contributed by atoms with van der Waals surface area (Å²) in [5.74, 6) is 0.568. The van der Waals surface area contributed by atoms with Crippen molar-refractivity contribution in [1.29, 1.82) is 0 Å². The van der Waals surface area contributed by atoms with E-state index in [1.54, 1.807) is 4.57 Å². The first-order valence-electron chi connectivity index (χ1n) is 6.37. The molecule has 0 fully saturated rings. The number of hydrogen-bond acceptors (Lipinski definition) is 5. The van der Waals surface area contributed by atoms with Gasteiger partial charge in [0.15, 0.2) is 0 Å². The van der Waals surface area contributed by atoms with E-state index in [4.69, 9.17) is 0 Å². The molecule has 2 aromatic heterocycles. The topological polar surface area (TPSA) is 92.7 Å². The van der Waals surface area contributed by atoms with Crippen molar-refractivity contribution in [3.63, 3.8) is 0 Å². The molecule has 0 bridgehead atoms. The monoisotopic (exact) mass is 295 g/mol. The van der Waals surface area contributed by atoms with Gasteiger partial charge in [0, 0.05) is 24.0 Å². The fourth-order valence-electron chi connectivity index (χ4n) is 1.88. The van der Waals surface area contributed by atoms with Gasteiger partial charge in [-0.05, 0) is 20.3 Å². The molecule has 1 atom stereocenters. The molecule has 20 heavy (non-hydrogen) atoms. The quantitative estimate of drug-likeness (QED) is 0.831. The van der Waals surface area contributed by atoms with E-state index in [2.05, 4.69) is 20.5 Å². The van der Waals surface area contributed by atoms with Crippen LogP contribution in [0.25, 0.3) is 0 Å². The molecule has 2 N–H and O–H groups in total. The third-order valence-electron chi connectivity index (χ3n) is 2.98. The molecule has 1 unspecified atom stereocenters. The summed E-state index contributed by atoms with van der Waals surface area (Å²) < 4.78 is 1.69. The number of aromatic nitrogens is 4. The normalized spacial score (nSPS) is 12.3. The molecule has 0 aliphatic carbocycles. The van der Waals surface area contributed by atoms with Crippen LogP contribution in [0.4, 0.5) is 0 Å². The largest absolute Gasteiger partial charge is 0.346 e. The Morgan fingerprint density at radius 1 is 1.60 bits per heavy atom. The number of thiazole rings is 1. The van der Waals surface area contributed by atoms with Crippen molar-refractivity contribution >= 4 is 17.2 Å². The van der Waals surface area contributed by atoms with Crippen LogP contribution in [-0.4, -0.2) is 25.7 Å². The fraction of sp³-hybridized carbons (Fsp3) is 0.500. The van der Waals surface area contributed by atoms with Crippen LogP contribution in [0, 0.1) is 6.92 Å². The number of nitrogens with zero attached hydrogens (tertiary/aromatic N) is 3. The number of rotatable bonds is 6. The van der Waals surface area contributed by atoms with Crippen molar-refractivity contribution in [3.8, 4) is 0 Å². The zero-order valence-electron chi connectivity index (χ0n) is 11.4. The maximum atomic E-state index is 11.8. The Morgan fingerprint density at radius 2 is 2.40 bits per heavy atom. The molecular weight excluding hydrogens is 278 g/mol. The van der Waals surface area contributed by atoms with Crippen molar-refractivity contribution in [1.82, 2.24) is 25.1 Å². The second kappa shape index (κ2) is 6.47. The van der Waals surface area contributed by atoms with Gasteiger partial charge >= 0.3 is 4.87 Å². The Labute approximate surface area is 120 Å². The maximum absolute atomic E-state index is 11.8. The van der Waals surface area contributed by atoms with Crippen LogP contribution in [0.15, 0.2) is 16.5 Å². The third-order valence-corrected chi connectivity index (χ3v) is 3.86. The molecule has 8 heteroatoms. The second-order valence-corrected chi connectivity index (χ2v) is 5.38. The molecular formula is C12H17N5O2S. The summed E-state index contributed by atoms with van der Waals surface area (Å²) in [7, 11) is 0. The first kappa shape index (κ1) is 14.4. The third kappa shape index (κ3) is 3.53. The van der Waals surface area contributed by atoms with Crippen LogP contribution >= 0.6 is 11.3 Å². The number of carbonyl (C=O) groups excluding carboxylic acids is 1. The molecule has 0 radical (unpaired) electrons. The molecule has 0 aromatic carbocycles. The lowest BCUT2D eigenvalue weighted by molar-refractivity contribution is -0.121. The highest BCUT2D eigenvalue weighted by Gasteiger charge is 2.12. The minimum absolute atomic E-state index is 0.0259. The first-order valence-corrected chi connectivity index (χ1v) is 7.25. The number of hydrogen-bond donors (Lipinski definition) is 2. The lowest BCUT2D eigenvalue weighted by Crippen LogP contribution is -2.27. The highest BCUT2D eigenvalue weighted by atomic mass is 32.1. The van der Waals surface area contributed by atoms with Gasteiger partial charge in [0.05, 0.1) is 6.04 Å². The van der Waals surface area contributed by atoms with Crippen molar-refractivity contribution < 1.29 is 4.79 Å². The van der Waals surface area contributed by atoms with E-state index < -0.39 is 0 Å². The standard InChI is InChI=1S/C12H17N5O2S/c1-8-6-20-12(19)17(8)5-3-4-10(18)15-9(2)11-13-7-14-16-11/h6-7,9H,3-5H2,1-2H3,(H,15,18)(H,13,14,16). The van der Waals surface area contributed by atoms with Gasteiger partial charge in [0.2, 0.25) is 5.91 Å². The number of amides is 1. The van der Waals surface area contributed by atoms with E-state index in [1.165, 1.54) is 17.7 Å². The van der Waals surface area contributed by atoms with E-state index >= 15 is 0 Å². The molecule has 2 rings (SSSR count). The van der Waals surface area contributed by atoms with Crippen LogP contribution in [0.5, 0.6) is 0 Å². The number of nitrogens with one attached hydrogen (secondary N) is 2. The molecule has 2 aromatic rings. The first-order chi connectivity index (χ1) is 9.58. The van der Waals surface area contributed by atoms with Gasteiger partial charge in [-0.15, -0.1) is 0 Å². The molecule has 108 valence electrons. The number of H-pyrrole nitrogens is 1. The highest BCUT2D eigenvalue weighted by Crippen LogP contribution is 2.06. The average molecular weight is 295 g/mol. The fourth-order valence-corrected chi connectivity index (χ4v) is 2.64. The lowest BCUT2D eigenvalue weighted by Gasteiger charge is -2.11. The second-order valence-electron chi connectivity index (χ2n) is 4.56. The smallest absolute Gasteiger partial charge is 0.307 e. The summed E-state index contributed by atoms with van der Waals surface area (Å²) in [6.45, 7) is 4.30. The summed E-state index contributed by atoms with van der Waals surface area (Å²) in [6, 6.07) is -0.199. The van der Waals surface area contributed by atoms with Crippen molar-refractivity contribution in [2.45, 2.75) is 39.3 Å². The van der Waals surface area contributed by atoms with E-state index in [0.717, 1.165) is 5.69 Å². The summed E-state index contributed by atoms with van der Waals surface area (Å²) >= 11 is 1.19. The molecule has 0 aliphatic heterocycles. The van der Waals surface area contributed by atoms with Gasteiger partial charge in [-0.3, -0.25) is 14.7 Å². The Bertz CT molecular complexity index is 616. The minimum atomic E-state index is -0.199. The van der Waals surface area contributed by atoms with Crippen LogP contribution in [0.2, 0.25) is 0 Å². The van der Waals surface area contributed by atoms with Crippen LogP contribution in [0.3, 0.4) is 0 Å². The summed E-state index contributed by atoms with van der Waals surface area (Å²) in [6.07, 6.45) is 2.41. The van der Waals surface area contributed by atoms with Crippen molar-refractivity contribution in [3.05, 3.63) is 32.9 Å². The van der Waals surface area contributed by atoms with E-state index in [1.807, 2.05) is 19.2 Å². The molecule has 0 aliphatic rings. The number of carbonyl (C=O) groups is 1. The Balaban J connectivity index is 1.77. The zero-order chi connectivity index (χ0) is 14.5. The van der Waals surface area contributed by atoms with Gasteiger partial charge in [0.25, 0.3) is 0 Å². The summed E-state index contributed by atoms with van der Waals surface area (Å²) in [4.78, 5) is 27.3. The Hall–Kier alpha value is -1.96. The van der Waals surface area contributed by atoms with E-state index in [0.29, 0.717) is 25.2 Å². The van der Waals surface area contributed by atoms with Gasteiger partial charge in [-0.25, -0.2) is 4.98 Å². The zero-order valence-corrected chi connectivity index (χ0v) is 12.2. The van der Waals surface area contributed by atoms with Gasteiger partial charge in [-0.1, -0.05) is 11.3 Å². The molecule has 1 amide bonds.